The quantitative estimate of drug-likeness (QED) is 0.826. The number of benzene rings is 1. The van der Waals surface area contributed by atoms with Gasteiger partial charge >= 0.3 is 0 Å². The van der Waals surface area contributed by atoms with Gasteiger partial charge in [-0.05, 0) is 43.0 Å². The number of ether oxygens (including phenoxy) is 1. The third-order valence-corrected chi connectivity index (χ3v) is 3.71. The molecule has 1 aromatic carbocycles. The molecule has 0 heterocycles. The zero-order valence-corrected chi connectivity index (χ0v) is 11.5. The Morgan fingerprint density at radius 3 is 2.50 bits per heavy atom. The number of rotatable bonds is 6. The molecule has 1 aliphatic rings. The van der Waals surface area contributed by atoms with Gasteiger partial charge in [-0.25, -0.2) is 0 Å². The van der Waals surface area contributed by atoms with Crippen molar-refractivity contribution in [2.45, 2.75) is 45.6 Å². The summed E-state index contributed by atoms with van der Waals surface area (Å²) in [6, 6.07) is 8.49. The van der Waals surface area contributed by atoms with Gasteiger partial charge in [-0.15, -0.1) is 0 Å². The zero-order chi connectivity index (χ0) is 12.6. The minimum absolute atomic E-state index is 0.778. The standard InChI is InChI=1S/C16H25NO/c1-2-17-12-14-8-10-16(11-9-14)18-13-15-6-4-3-5-7-15/h8-11,15,17H,2-7,12-13H2,1H3. The molecule has 0 aromatic heterocycles. The van der Waals surface area contributed by atoms with Crippen molar-refractivity contribution < 1.29 is 4.74 Å². The van der Waals surface area contributed by atoms with Crippen molar-refractivity contribution in [3.63, 3.8) is 0 Å². The smallest absolute Gasteiger partial charge is 0.119 e. The lowest BCUT2D eigenvalue weighted by atomic mass is 9.90. The van der Waals surface area contributed by atoms with Crippen LogP contribution in [0.4, 0.5) is 0 Å². The summed E-state index contributed by atoms with van der Waals surface area (Å²) in [5.74, 6) is 1.79. The molecule has 0 spiro atoms. The second-order valence-electron chi connectivity index (χ2n) is 5.24. The van der Waals surface area contributed by atoms with E-state index in [2.05, 4.69) is 36.5 Å². The van der Waals surface area contributed by atoms with Gasteiger partial charge in [-0.2, -0.15) is 0 Å². The first-order valence-corrected chi connectivity index (χ1v) is 7.31. The predicted molar refractivity (Wildman–Crippen MR) is 75.9 cm³/mol. The lowest BCUT2D eigenvalue weighted by Crippen LogP contribution is -2.15. The highest BCUT2D eigenvalue weighted by Crippen LogP contribution is 2.24. The van der Waals surface area contributed by atoms with Gasteiger partial charge in [0.05, 0.1) is 6.61 Å². The molecule has 0 bridgehead atoms. The summed E-state index contributed by atoms with van der Waals surface area (Å²) in [5, 5.41) is 3.33. The SMILES string of the molecule is CCNCc1ccc(OCC2CCCCC2)cc1. The predicted octanol–water partition coefficient (Wildman–Crippen LogP) is 3.76. The maximum Gasteiger partial charge on any atom is 0.119 e. The van der Waals surface area contributed by atoms with E-state index in [1.54, 1.807) is 0 Å². The summed E-state index contributed by atoms with van der Waals surface area (Å²) in [6.07, 6.45) is 6.87. The summed E-state index contributed by atoms with van der Waals surface area (Å²) in [5.41, 5.74) is 1.32. The zero-order valence-electron chi connectivity index (χ0n) is 11.5. The van der Waals surface area contributed by atoms with Crippen molar-refractivity contribution in [2.24, 2.45) is 5.92 Å². The summed E-state index contributed by atoms with van der Waals surface area (Å²) in [6.45, 7) is 4.98. The largest absolute Gasteiger partial charge is 0.493 e. The van der Waals surface area contributed by atoms with Gasteiger partial charge in [0.1, 0.15) is 5.75 Å². The topological polar surface area (TPSA) is 21.3 Å². The van der Waals surface area contributed by atoms with Crippen LogP contribution in [0, 0.1) is 5.92 Å². The molecule has 2 rings (SSSR count). The van der Waals surface area contributed by atoms with E-state index < -0.39 is 0 Å². The highest BCUT2D eigenvalue weighted by molar-refractivity contribution is 5.27. The number of hydrogen-bond acceptors (Lipinski definition) is 2. The minimum atomic E-state index is 0.778. The van der Waals surface area contributed by atoms with E-state index in [-0.39, 0.29) is 0 Å². The summed E-state index contributed by atoms with van der Waals surface area (Å²) in [4.78, 5) is 0. The summed E-state index contributed by atoms with van der Waals surface area (Å²) >= 11 is 0. The van der Waals surface area contributed by atoms with Crippen molar-refractivity contribution in [1.82, 2.24) is 5.32 Å². The lowest BCUT2D eigenvalue weighted by molar-refractivity contribution is 0.209. The van der Waals surface area contributed by atoms with Crippen molar-refractivity contribution in [3.8, 4) is 5.75 Å². The van der Waals surface area contributed by atoms with Crippen molar-refractivity contribution >= 4 is 0 Å². The molecular formula is C16H25NO. The van der Waals surface area contributed by atoms with E-state index in [0.717, 1.165) is 31.4 Å². The van der Waals surface area contributed by atoms with Gasteiger partial charge in [-0.1, -0.05) is 38.3 Å². The third-order valence-electron chi connectivity index (χ3n) is 3.71. The van der Waals surface area contributed by atoms with E-state index in [0.29, 0.717) is 0 Å². The molecule has 2 nitrogen and oxygen atoms in total. The Morgan fingerprint density at radius 1 is 1.11 bits per heavy atom. The van der Waals surface area contributed by atoms with Gasteiger partial charge in [0.2, 0.25) is 0 Å². The molecule has 0 saturated heterocycles. The normalized spacial score (nSPS) is 16.7. The van der Waals surface area contributed by atoms with Crippen LogP contribution in [0.1, 0.15) is 44.6 Å². The van der Waals surface area contributed by atoms with Gasteiger partial charge in [-0.3, -0.25) is 0 Å². The van der Waals surface area contributed by atoms with Crippen LogP contribution in [0.3, 0.4) is 0 Å². The van der Waals surface area contributed by atoms with Crippen molar-refractivity contribution in [1.29, 1.82) is 0 Å². The molecule has 18 heavy (non-hydrogen) atoms. The van der Waals surface area contributed by atoms with Crippen LogP contribution >= 0.6 is 0 Å². The van der Waals surface area contributed by atoms with E-state index in [4.69, 9.17) is 4.74 Å². The van der Waals surface area contributed by atoms with Crippen LogP contribution in [0.25, 0.3) is 0 Å². The Balaban J connectivity index is 1.75. The molecule has 0 amide bonds. The average molecular weight is 247 g/mol. The van der Waals surface area contributed by atoms with E-state index in [9.17, 15) is 0 Å². The van der Waals surface area contributed by atoms with Crippen LogP contribution < -0.4 is 10.1 Å². The maximum atomic E-state index is 5.88. The molecule has 0 radical (unpaired) electrons. The molecule has 1 fully saturated rings. The lowest BCUT2D eigenvalue weighted by Gasteiger charge is -2.21. The van der Waals surface area contributed by atoms with Crippen LogP contribution in [0.5, 0.6) is 5.75 Å². The molecule has 0 atom stereocenters. The maximum absolute atomic E-state index is 5.88. The number of hydrogen-bond donors (Lipinski definition) is 1. The van der Waals surface area contributed by atoms with Crippen LogP contribution in [0.2, 0.25) is 0 Å². The van der Waals surface area contributed by atoms with Gasteiger partial charge in [0.25, 0.3) is 0 Å². The van der Waals surface area contributed by atoms with Gasteiger partial charge in [0, 0.05) is 6.54 Å². The Labute approximate surface area is 111 Å². The van der Waals surface area contributed by atoms with Crippen molar-refractivity contribution in [3.05, 3.63) is 29.8 Å². The molecule has 100 valence electrons. The first-order valence-electron chi connectivity index (χ1n) is 7.31. The average Bonchev–Trinajstić information content (AvgIpc) is 2.45. The summed E-state index contributed by atoms with van der Waals surface area (Å²) in [7, 11) is 0. The van der Waals surface area contributed by atoms with Crippen molar-refractivity contribution in [2.75, 3.05) is 13.2 Å². The first kappa shape index (κ1) is 13.4. The highest BCUT2D eigenvalue weighted by atomic mass is 16.5. The fourth-order valence-corrected chi connectivity index (χ4v) is 2.54. The van der Waals surface area contributed by atoms with Gasteiger partial charge < -0.3 is 10.1 Å². The molecule has 1 N–H and O–H groups in total. The Morgan fingerprint density at radius 2 is 1.83 bits per heavy atom. The Hall–Kier alpha value is -1.02. The molecule has 1 saturated carbocycles. The van der Waals surface area contributed by atoms with Crippen LogP contribution in [0.15, 0.2) is 24.3 Å². The van der Waals surface area contributed by atoms with Crippen LogP contribution in [-0.4, -0.2) is 13.2 Å². The molecule has 0 aliphatic heterocycles. The molecule has 0 unspecified atom stereocenters. The molecule has 2 heteroatoms. The van der Waals surface area contributed by atoms with Gasteiger partial charge in [0.15, 0.2) is 0 Å². The highest BCUT2D eigenvalue weighted by Gasteiger charge is 2.13. The fraction of sp³-hybridized carbons (Fsp3) is 0.625. The Kier molecular flexibility index (Phi) is 5.53. The van der Waals surface area contributed by atoms with E-state index >= 15 is 0 Å². The van der Waals surface area contributed by atoms with E-state index in [1.165, 1.54) is 37.7 Å². The fourth-order valence-electron chi connectivity index (χ4n) is 2.54. The second kappa shape index (κ2) is 7.42. The number of nitrogens with one attached hydrogen (secondary N) is 1. The molecule has 1 aromatic rings. The first-order chi connectivity index (χ1) is 8.88. The molecular weight excluding hydrogens is 222 g/mol. The third kappa shape index (κ3) is 4.34. The second-order valence-corrected chi connectivity index (χ2v) is 5.24. The Bertz CT molecular complexity index is 327. The molecule has 1 aliphatic carbocycles. The van der Waals surface area contributed by atoms with Crippen LogP contribution in [-0.2, 0) is 6.54 Å². The monoisotopic (exact) mass is 247 g/mol. The van der Waals surface area contributed by atoms with E-state index in [1.807, 2.05) is 0 Å². The minimum Gasteiger partial charge on any atom is -0.493 e. The summed E-state index contributed by atoms with van der Waals surface area (Å²) < 4.78 is 5.88.